The minimum absolute atomic E-state index is 0.0149. The second-order valence-corrected chi connectivity index (χ2v) is 7.98. The smallest absolute Gasteiger partial charge is 0.450 e. The molecule has 37 heavy (non-hydrogen) atoms. The van der Waals surface area contributed by atoms with Gasteiger partial charge in [0.1, 0.15) is 11.3 Å². The minimum atomic E-state index is -5.01. The molecule has 0 aliphatic carbocycles. The maximum Gasteiger partial charge on any atom is 0.450 e. The topological polar surface area (TPSA) is 84.2 Å². The van der Waals surface area contributed by atoms with Crippen LogP contribution < -0.4 is 24.4 Å². The van der Waals surface area contributed by atoms with Crippen molar-refractivity contribution in [3.63, 3.8) is 0 Å². The van der Waals surface area contributed by atoms with Gasteiger partial charge in [-0.2, -0.15) is 13.2 Å². The fraction of sp³-hybridized carbons (Fsp3) is 0.154. The molecule has 0 aliphatic heterocycles. The molecule has 0 spiro atoms. The van der Waals surface area contributed by atoms with E-state index in [1.807, 2.05) is 0 Å². The van der Waals surface area contributed by atoms with E-state index in [0.29, 0.717) is 0 Å². The zero-order valence-corrected chi connectivity index (χ0v) is 20.3. The van der Waals surface area contributed by atoms with Crippen LogP contribution in [0, 0.1) is 0 Å². The number of methoxy groups -OCH3 is 3. The van der Waals surface area contributed by atoms with Crippen molar-refractivity contribution in [2.75, 3.05) is 21.3 Å². The molecular formula is C26H18ClF3O7. The van der Waals surface area contributed by atoms with Crippen LogP contribution >= 0.6 is 11.6 Å². The molecule has 1 aromatic heterocycles. The fourth-order valence-corrected chi connectivity index (χ4v) is 3.94. The van der Waals surface area contributed by atoms with Crippen molar-refractivity contribution in [1.29, 1.82) is 0 Å². The van der Waals surface area contributed by atoms with Gasteiger partial charge in [0.05, 0.1) is 37.8 Å². The second-order valence-electron chi connectivity index (χ2n) is 7.57. The number of carbonyl (C=O) groups excluding carboxylic acids is 1. The van der Waals surface area contributed by atoms with Crippen molar-refractivity contribution >= 4 is 28.5 Å². The molecule has 4 aromatic rings. The molecule has 0 saturated carbocycles. The average Bonchev–Trinajstić information content (AvgIpc) is 2.87. The SMILES string of the molecule is COc1cc(C(=O)Oc2ccc3c(=O)c(-c4ccccc4Cl)c(C(F)(F)F)oc3c2)cc(OC)c1OC. The molecule has 0 radical (unpaired) electrons. The number of esters is 1. The molecular weight excluding hydrogens is 517 g/mol. The van der Waals surface area contributed by atoms with Crippen molar-refractivity contribution in [3.8, 4) is 34.1 Å². The lowest BCUT2D eigenvalue weighted by atomic mass is 10.0. The first-order chi connectivity index (χ1) is 17.6. The van der Waals surface area contributed by atoms with Gasteiger partial charge in [-0.05, 0) is 30.3 Å². The van der Waals surface area contributed by atoms with Gasteiger partial charge in [-0.1, -0.05) is 29.8 Å². The zero-order chi connectivity index (χ0) is 26.9. The predicted octanol–water partition coefficient (Wildman–Crippen LogP) is 6.38. The van der Waals surface area contributed by atoms with Crippen LogP contribution in [0.15, 0.2) is 63.8 Å². The highest BCUT2D eigenvalue weighted by Gasteiger charge is 2.40. The molecule has 0 fully saturated rings. The number of hydrogen-bond donors (Lipinski definition) is 0. The van der Waals surface area contributed by atoms with Gasteiger partial charge in [0, 0.05) is 16.7 Å². The van der Waals surface area contributed by atoms with Gasteiger partial charge in [0.2, 0.25) is 16.9 Å². The van der Waals surface area contributed by atoms with Crippen molar-refractivity contribution < 1.29 is 41.3 Å². The number of alkyl halides is 3. The van der Waals surface area contributed by atoms with Crippen LogP contribution in [0.4, 0.5) is 13.2 Å². The number of fused-ring (bicyclic) bond motifs is 1. The Kier molecular flexibility index (Phi) is 7.04. The first-order valence-electron chi connectivity index (χ1n) is 10.5. The minimum Gasteiger partial charge on any atom is -0.493 e. The summed E-state index contributed by atoms with van der Waals surface area (Å²) in [5.41, 5.74) is -2.19. The molecule has 0 unspecified atom stereocenters. The molecule has 0 aliphatic rings. The summed E-state index contributed by atoms with van der Waals surface area (Å²) >= 11 is 6.08. The molecule has 0 atom stereocenters. The molecule has 0 bridgehead atoms. The van der Waals surface area contributed by atoms with Gasteiger partial charge in [-0.15, -0.1) is 0 Å². The third kappa shape index (κ3) is 4.92. The number of ether oxygens (including phenoxy) is 4. The van der Waals surface area contributed by atoms with E-state index in [0.717, 1.165) is 6.07 Å². The number of benzene rings is 3. The van der Waals surface area contributed by atoms with E-state index in [2.05, 4.69) is 0 Å². The fourth-order valence-electron chi connectivity index (χ4n) is 3.71. The van der Waals surface area contributed by atoms with E-state index in [4.69, 9.17) is 35.0 Å². The summed E-state index contributed by atoms with van der Waals surface area (Å²) in [6.07, 6.45) is -5.01. The van der Waals surface area contributed by atoms with Crippen LogP contribution in [-0.2, 0) is 6.18 Å². The van der Waals surface area contributed by atoms with Crippen LogP contribution in [-0.4, -0.2) is 27.3 Å². The van der Waals surface area contributed by atoms with E-state index < -0.39 is 34.5 Å². The number of hydrogen-bond acceptors (Lipinski definition) is 7. The Morgan fingerprint density at radius 2 is 1.57 bits per heavy atom. The summed E-state index contributed by atoms with van der Waals surface area (Å²) in [7, 11) is 4.13. The van der Waals surface area contributed by atoms with Crippen molar-refractivity contribution in [3.05, 3.63) is 81.2 Å². The van der Waals surface area contributed by atoms with Crippen LogP contribution in [0.2, 0.25) is 5.02 Å². The monoisotopic (exact) mass is 534 g/mol. The van der Waals surface area contributed by atoms with Crippen LogP contribution in [0.3, 0.4) is 0 Å². The Labute approximate surface area is 212 Å². The van der Waals surface area contributed by atoms with Crippen molar-refractivity contribution in [1.82, 2.24) is 0 Å². The van der Waals surface area contributed by atoms with Crippen molar-refractivity contribution in [2.45, 2.75) is 6.18 Å². The summed E-state index contributed by atoms with van der Waals surface area (Å²) in [5, 5.41) is -0.203. The summed E-state index contributed by atoms with van der Waals surface area (Å²) in [5.74, 6) is -1.91. The van der Waals surface area contributed by atoms with E-state index in [1.165, 1.54) is 69.9 Å². The third-order valence-electron chi connectivity index (χ3n) is 5.38. The number of rotatable bonds is 6. The number of halogens is 4. The van der Waals surface area contributed by atoms with E-state index in [-0.39, 0.29) is 44.5 Å². The molecule has 192 valence electrons. The van der Waals surface area contributed by atoms with Crippen LogP contribution in [0.5, 0.6) is 23.0 Å². The summed E-state index contributed by atoms with van der Waals surface area (Å²) in [6.45, 7) is 0. The molecule has 4 rings (SSSR count). The molecule has 11 heteroatoms. The highest BCUT2D eigenvalue weighted by atomic mass is 35.5. The first-order valence-corrected chi connectivity index (χ1v) is 10.9. The van der Waals surface area contributed by atoms with Gasteiger partial charge in [-0.25, -0.2) is 4.79 Å². The van der Waals surface area contributed by atoms with Crippen molar-refractivity contribution in [2.24, 2.45) is 0 Å². The Balaban J connectivity index is 1.79. The van der Waals surface area contributed by atoms with Gasteiger partial charge in [0.25, 0.3) is 0 Å². The van der Waals surface area contributed by atoms with E-state index >= 15 is 0 Å². The zero-order valence-electron chi connectivity index (χ0n) is 19.6. The maximum absolute atomic E-state index is 13.9. The van der Waals surface area contributed by atoms with Gasteiger partial charge < -0.3 is 23.4 Å². The summed E-state index contributed by atoms with van der Waals surface area (Å²) in [6, 6.07) is 11.8. The lowest BCUT2D eigenvalue weighted by Crippen LogP contribution is -2.16. The normalized spacial score (nSPS) is 11.3. The standard InChI is InChI=1S/C26H18ClF3O7/c1-33-19-10-13(11-20(34-2)23(19)35-3)25(32)36-14-8-9-16-18(12-14)37-24(26(28,29)30)21(22(16)31)15-6-4-5-7-17(15)27/h4-12H,1-3H3. The molecule has 0 amide bonds. The average molecular weight is 535 g/mol. The summed E-state index contributed by atoms with van der Waals surface area (Å²) < 4.78 is 67.9. The molecule has 1 heterocycles. The molecule has 3 aromatic carbocycles. The maximum atomic E-state index is 13.9. The lowest BCUT2D eigenvalue weighted by molar-refractivity contribution is -0.152. The predicted molar refractivity (Wildman–Crippen MR) is 129 cm³/mol. The third-order valence-corrected chi connectivity index (χ3v) is 5.71. The van der Waals surface area contributed by atoms with E-state index in [1.54, 1.807) is 0 Å². The highest BCUT2D eigenvalue weighted by molar-refractivity contribution is 6.33. The Hall–Kier alpha value is -4.18. The Bertz CT molecular complexity index is 1540. The largest absolute Gasteiger partial charge is 0.493 e. The van der Waals surface area contributed by atoms with Crippen LogP contribution in [0.25, 0.3) is 22.1 Å². The van der Waals surface area contributed by atoms with Gasteiger partial charge in [0.15, 0.2) is 11.5 Å². The molecule has 7 nitrogen and oxygen atoms in total. The lowest BCUT2D eigenvalue weighted by Gasteiger charge is -2.15. The molecule has 0 saturated heterocycles. The Morgan fingerprint density at radius 3 is 2.14 bits per heavy atom. The first kappa shape index (κ1) is 25.9. The molecule has 0 N–H and O–H groups in total. The highest BCUT2D eigenvalue weighted by Crippen LogP contribution is 2.40. The van der Waals surface area contributed by atoms with Crippen LogP contribution in [0.1, 0.15) is 16.1 Å². The second kappa shape index (κ2) is 10.1. The van der Waals surface area contributed by atoms with E-state index in [9.17, 15) is 22.8 Å². The van der Waals surface area contributed by atoms with Gasteiger partial charge in [-0.3, -0.25) is 4.79 Å². The summed E-state index contributed by atoms with van der Waals surface area (Å²) in [4.78, 5) is 25.9. The Morgan fingerprint density at radius 1 is 0.919 bits per heavy atom. The van der Waals surface area contributed by atoms with Gasteiger partial charge >= 0.3 is 12.1 Å². The number of carbonyl (C=O) groups is 1. The quantitative estimate of drug-likeness (QED) is 0.210.